The van der Waals surface area contributed by atoms with Gasteiger partial charge in [-0.05, 0) is 38.1 Å². The number of halogens is 2. The summed E-state index contributed by atoms with van der Waals surface area (Å²) in [6.45, 7) is 3.86. The standard InChI is InChI=1S/C25H21Cl2N3O2/c1-15(2)30-21-11-7-6-10-20(21)22(16-8-4-3-5-9-16)28-23(25(30)32)29-24(31)17-12-18(26)14-19(27)13-17/h3-15,23H,1-2H3,(H,29,31)/t23-/m0/s1. The number of rotatable bonds is 4. The molecule has 0 aliphatic carbocycles. The van der Waals surface area contributed by atoms with Crippen LogP contribution in [0.25, 0.3) is 0 Å². The van der Waals surface area contributed by atoms with E-state index in [1.165, 1.54) is 12.1 Å². The Morgan fingerprint density at radius 3 is 2.25 bits per heavy atom. The maximum Gasteiger partial charge on any atom is 0.272 e. The second-order valence-corrected chi connectivity index (χ2v) is 8.57. The summed E-state index contributed by atoms with van der Waals surface area (Å²) in [5, 5.41) is 3.43. The van der Waals surface area contributed by atoms with Crippen molar-refractivity contribution in [2.45, 2.75) is 26.1 Å². The zero-order chi connectivity index (χ0) is 22.8. The molecule has 0 bridgehead atoms. The van der Waals surface area contributed by atoms with Crippen molar-refractivity contribution in [1.29, 1.82) is 0 Å². The Bertz CT molecular complexity index is 1190. The van der Waals surface area contributed by atoms with E-state index in [1.807, 2.05) is 68.4 Å². The Morgan fingerprint density at radius 2 is 1.59 bits per heavy atom. The number of para-hydroxylation sites is 1. The third kappa shape index (κ3) is 4.40. The predicted octanol–water partition coefficient (Wildman–Crippen LogP) is 5.34. The smallest absolute Gasteiger partial charge is 0.272 e. The van der Waals surface area contributed by atoms with E-state index >= 15 is 0 Å². The van der Waals surface area contributed by atoms with Crippen LogP contribution in [0, 0.1) is 0 Å². The van der Waals surface area contributed by atoms with Crippen molar-refractivity contribution in [2.24, 2.45) is 4.99 Å². The fourth-order valence-corrected chi connectivity index (χ4v) is 4.26. The highest BCUT2D eigenvalue weighted by Crippen LogP contribution is 2.30. The molecule has 4 rings (SSSR count). The molecule has 1 aliphatic rings. The van der Waals surface area contributed by atoms with Crippen molar-refractivity contribution in [3.63, 3.8) is 0 Å². The SMILES string of the molecule is CC(C)N1C(=O)[C@H](NC(=O)c2cc(Cl)cc(Cl)c2)N=C(c2ccccc2)c2ccccc21. The molecule has 3 aromatic rings. The summed E-state index contributed by atoms with van der Waals surface area (Å²) in [7, 11) is 0. The minimum atomic E-state index is -1.12. The fraction of sp³-hybridized carbons (Fsp3) is 0.160. The van der Waals surface area contributed by atoms with E-state index in [2.05, 4.69) is 5.32 Å². The lowest BCUT2D eigenvalue weighted by molar-refractivity contribution is -0.120. The average molecular weight is 466 g/mol. The van der Waals surface area contributed by atoms with Crippen molar-refractivity contribution >= 4 is 46.4 Å². The number of benzodiazepines with no additional fused rings is 1. The molecular weight excluding hydrogens is 445 g/mol. The summed E-state index contributed by atoms with van der Waals surface area (Å²) in [6, 6.07) is 21.6. The zero-order valence-corrected chi connectivity index (χ0v) is 19.1. The maximum atomic E-state index is 13.6. The molecule has 1 aliphatic heterocycles. The number of anilines is 1. The minimum Gasteiger partial charge on any atom is -0.322 e. The number of nitrogens with one attached hydrogen (secondary N) is 1. The van der Waals surface area contributed by atoms with Gasteiger partial charge in [0.15, 0.2) is 0 Å². The highest BCUT2D eigenvalue weighted by Gasteiger charge is 2.34. The number of nitrogens with zero attached hydrogens (tertiary/aromatic N) is 2. The van der Waals surface area contributed by atoms with Gasteiger partial charge in [-0.1, -0.05) is 71.7 Å². The third-order valence-corrected chi connectivity index (χ3v) is 5.54. The maximum absolute atomic E-state index is 13.6. The second kappa shape index (κ2) is 9.15. The summed E-state index contributed by atoms with van der Waals surface area (Å²) in [5.41, 5.74) is 3.31. The van der Waals surface area contributed by atoms with E-state index in [1.54, 1.807) is 11.0 Å². The van der Waals surface area contributed by atoms with Gasteiger partial charge in [0.1, 0.15) is 0 Å². The number of hydrogen-bond donors (Lipinski definition) is 1. The van der Waals surface area contributed by atoms with Crippen LogP contribution in [0.5, 0.6) is 0 Å². The highest BCUT2D eigenvalue weighted by molar-refractivity contribution is 6.35. The van der Waals surface area contributed by atoms with Gasteiger partial charge in [-0.25, -0.2) is 4.99 Å². The molecule has 0 radical (unpaired) electrons. The van der Waals surface area contributed by atoms with E-state index in [0.29, 0.717) is 15.8 Å². The number of aliphatic imine (C=N–C) groups is 1. The van der Waals surface area contributed by atoms with Gasteiger partial charge in [-0.2, -0.15) is 0 Å². The Hall–Kier alpha value is -3.15. The van der Waals surface area contributed by atoms with Gasteiger partial charge in [-0.3, -0.25) is 9.59 Å². The predicted molar refractivity (Wildman–Crippen MR) is 129 cm³/mol. The first-order valence-corrected chi connectivity index (χ1v) is 10.9. The first kappa shape index (κ1) is 22.1. The summed E-state index contributed by atoms with van der Waals surface area (Å²) in [6.07, 6.45) is -1.12. The highest BCUT2D eigenvalue weighted by atomic mass is 35.5. The largest absolute Gasteiger partial charge is 0.322 e. The molecule has 0 aromatic heterocycles. The van der Waals surface area contributed by atoms with Gasteiger partial charge in [0.2, 0.25) is 6.17 Å². The Morgan fingerprint density at radius 1 is 0.969 bits per heavy atom. The quantitative estimate of drug-likeness (QED) is 0.564. The van der Waals surface area contributed by atoms with Gasteiger partial charge in [0, 0.05) is 32.8 Å². The van der Waals surface area contributed by atoms with Gasteiger partial charge in [-0.15, -0.1) is 0 Å². The first-order chi connectivity index (χ1) is 15.3. The molecule has 32 heavy (non-hydrogen) atoms. The van der Waals surface area contributed by atoms with Crippen LogP contribution < -0.4 is 10.2 Å². The molecule has 0 spiro atoms. The van der Waals surface area contributed by atoms with E-state index in [0.717, 1.165) is 16.8 Å². The van der Waals surface area contributed by atoms with Gasteiger partial charge in [0.05, 0.1) is 11.4 Å². The average Bonchev–Trinajstić information content (AvgIpc) is 2.88. The molecule has 0 saturated heterocycles. The van der Waals surface area contributed by atoms with Crippen LogP contribution in [0.1, 0.15) is 35.3 Å². The zero-order valence-electron chi connectivity index (χ0n) is 17.5. The van der Waals surface area contributed by atoms with Gasteiger partial charge < -0.3 is 10.2 Å². The van der Waals surface area contributed by atoms with Gasteiger partial charge in [0.25, 0.3) is 11.8 Å². The Balaban J connectivity index is 1.82. The molecule has 0 saturated carbocycles. The summed E-state index contributed by atoms with van der Waals surface area (Å²) >= 11 is 12.1. The summed E-state index contributed by atoms with van der Waals surface area (Å²) < 4.78 is 0. The molecule has 7 heteroatoms. The molecule has 5 nitrogen and oxygen atoms in total. The molecule has 1 heterocycles. The summed E-state index contributed by atoms with van der Waals surface area (Å²) in [4.78, 5) is 33.0. The molecule has 3 aromatic carbocycles. The number of amides is 2. The van der Waals surface area contributed by atoms with E-state index < -0.39 is 12.1 Å². The summed E-state index contributed by atoms with van der Waals surface area (Å²) in [5.74, 6) is -0.807. The van der Waals surface area contributed by atoms with Crippen molar-refractivity contribution in [3.8, 4) is 0 Å². The van der Waals surface area contributed by atoms with Crippen LogP contribution in [0.2, 0.25) is 10.0 Å². The topological polar surface area (TPSA) is 61.8 Å². The van der Waals surface area contributed by atoms with Crippen molar-refractivity contribution < 1.29 is 9.59 Å². The number of hydrogen-bond acceptors (Lipinski definition) is 3. The molecule has 2 amide bonds. The molecular formula is C25H21Cl2N3O2. The van der Waals surface area contributed by atoms with Crippen molar-refractivity contribution in [3.05, 3.63) is 99.5 Å². The monoisotopic (exact) mass is 465 g/mol. The molecule has 162 valence electrons. The normalized spacial score (nSPS) is 15.8. The first-order valence-electron chi connectivity index (χ1n) is 10.2. The van der Waals surface area contributed by atoms with Gasteiger partial charge >= 0.3 is 0 Å². The molecule has 1 atom stereocenters. The number of carbonyl (C=O) groups excluding carboxylic acids is 2. The molecule has 0 unspecified atom stereocenters. The number of fused-ring (bicyclic) bond motifs is 1. The minimum absolute atomic E-state index is 0.144. The lowest BCUT2D eigenvalue weighted by Gasteiger charge is -2.29. The lowest BCUT2D eigenvalue weighted by Crippen LogP contribution is -2.49. The van der Waals surface area contributed by atoms with E-state index in [-0.39, 0.29) is 17.5 Å². The van der Waals surface area contributed by atoms with E-state index in [4.69, 9.17) is 28.2 Å². The van der Waals surface area contributed by atoms with Crippen LogP contribution in [-0.4, -0.2) is 29.7 Å². The van der Waals surface area contributed by atoms with Crippen LogP contribution in [0.4, 0.5) is 5.69 Å². The van der Waals surface area contributed by atoms with E-state index in [9.17, 15) is 9.59 Å². The third-order valence-electron chi connectivity index (χ3n) is 5.10. The number of benzene rings is 3. The van der Waals surface area contributed by atoms with Crippen LogP contribution >= 0.6 is 23.2 Å². The van der Waals surface area contributed by atoms with Crippen molar-refractivity contribution in [1.82, 2.24) is 5.32 Å². The molecule has 1 N–H and O–H groups in total. The second-order valence-electron chi connectivity index (χ2n) is 7.70. The van der Waals surface area contributed by atoms with Crippen LogP contribution in [0.3, 0.4) is 0 Å². The van der Waals surface area contributed by atoms with Crippen LogP contribution in [0.15, 0.2) is 77.8 Å². The number of carbonyl (C=O) groups is 2. The van der Waals surface area contributed by atoms with Crippen molar-refractivity contribution in [2.75, 3.05) is 4.90 Å². The Kier molecular flexibility index (Phi) is 6.31. The molecule has 0 fully saturated rings. The van der Waals surface area contributed by atoms with Crippen LogP contribution in [-0.2, 0) is 4.79 Å². The lowest BCUT2D eigenvalue weighted by atomic mass is 10.00. The fourth-order valence-electron chi connectivity index (χ4n) is 3.73. The Labute approximate surface area is 196 Å².